The zero-order valence-corrected chi connectivity index (χ0v) is 10.8. The molecule has 3 nitrogen and oxygen atoms in total. The zero-order valence-electron chi connectivity index (χ0n) is 10.8. The first-order valence-corrected chi connectivity index (χ1v) is 6.24. The fraction of sp³-hybridized carbons (Fsp3) is 0.0588. The van der Waals surface area contributed by atoms with Crippen molar-refractivity contribution in [3.63, 3.8) is 0 Å². The van der Waals surface area contributed by atoms with Crippen molar-refractivity contribution in [2.75, 3.05) is 0 Å². The summed E-state index contributed by atoms with van der Waals surface area (Å²) in [5.74, 6) is -1.27. The van der Waals surface area contributed by atoms with Crippen LogP contribution < -0.4 is 0 Å². The molecular weight excluding hydrogens is 252 g/mol. The Hall–Kier alpha value is -2.68. The van der Waals surface area contributed by atoms with Crippen LogP contribution in [0.1, 0.15) is 22.3 Å². The normalized spacial score (nSPS) is 11.1. The van der Waals surface area contributed by atoms with Gasteiger partial charge in [-0.05, 0) is 11.6 Å². The summed E-state index contributed by atoms with van der Waals surface area (Å²) in [6.07, 6.45) is 1.34. The molecule has 2 aromatic carbocycles. The highest BCUT2D eigenvalue weighted by molar-refractivity contribution is 6.13. The number of ketones is 1. The molecular formula is C17H14O3. The van der Waals surface area contributed by atoms with Gasteiger partial charge in [-0.15, -0.1) is 0 Å². The zero-order chi connectivity index (χ0) is 14.4. The lowest BCUT2D eigenvalue weighted by atomic mass is 9.98. The molecule has 2 aromatic rings. The Bertz CT molecular complexity index is 628. The Morgan fingerprint density at radius 3 is 2.00 bits per heavy atom. The molecule has 0 amide bonds. The summed E-state index contributed by atoms with van der Waals surface area (Å²) in [7, 11) is 0. The van der Waals surface area contributed by atoms with E-state index >= 15 is 0 Å². The molecule has 0 spiro atoms. The Labute approximate surface area is 117 Å². The van der Waals surface area contributed by atoms with E-state index in [9.17, 15) is 9.59 Å². The number of carboxylic acid groups (broad SMARTS) is 1. The van der Waals surface area contributed by atoms with E-state index in [-0.39, 0.29) is 17.8 Å². The molecule has 0 saturated carbocycles. The van der Waals surface area contributed by atoms with E-state index in [2.05, 4.69) is 0 Å². The average molecular weight is 266 g/mol. The molecule has 0 aliphatic carbocycles. The highest BCUT2D eigenvalue weighted by Crippen LogP contribution is 2.16. The third-order valence-electron chi connectivity index (χ3n) is 2.81. The first-order chi connectivity index (χ1) is 9.66. The molecule has 100 valence electrons. The van der Waals surface area contributed by atoms with Gasteiger partial charge in [0, 0.05) is 11.1 Å². The van der Waals surface area contributed by atoms with E-state index in [4.69, 9.17) is 5.11 Å². The first-order valence-electron chi connectivity index (χ1n) is 6.24. The third kappa shape index (κ3) is 3.65. The van der Waals surface area contributed by atoms with Crippen LogP contribution in [-0.2, 0) is 4.79 Å². The maximum atomic E-state index is 12.4. The molecule has 20 heavy (non-hydrogen) atoms. The van der Waals surface area contributed by atoms with Crippen LogP contribution in [0.2, 0.25) is 0 Å². The van der Waals surface area contributed by atoms with Crippen molar-refractivity contribution >= 4 is 17.8 Å². The summed E-state index contributed by atoms with van der Waals surface area (Å²) >= 11 is 0. The molecule has 0 saturated heterocycles. The molecule has 0 bridgehead atoms. The quantitative estimate of drug-likeness (QED) is 0.666. The van der Waals surface area contributed by atoms with Crippen LogP contribution in [0.4, 0.5) is 0 Å². The van der Waals surface area contributed by atoms with E-state index in [0.29, 0.717) is 5.56 Å². The number of carboxylic acids is 1. The van der Waals surface area contributed by atoms with Crippen molar-refractivity contribution < 1.29 is 14.7 Å². The lowest BCUT2D eigenvalue weighted by Gasteiger charge is -2.05. The molecule has 0 unspecified atom stereocenters. The average Bonchev–Trinajstić information content (AvgIpc) is 2.47. The second-order valence-electron chi connectivity index (χ2n) is 4.35. The van der Waals surface area contributed by atoms with Gasteiger partial charge in [0.2, 0.25) is 0 Å². The number of hydrogen-bond acceptors (Lipinski definition) is 2. The second kappa shape index (κ2) is 6.48. The molecule has 0 heterocycles. The number of aliphatic carboxylic acids is 1. The van der Waals surface area contributed by atoms with Gasteiger partial charge in [0.15, 0.2) is 5.78 Å². The largest absolute Gasteiger partial charge is 0.481 e. The van der Waals surface area contributed by atoms with Gasteiger partial charge in [-0.2, -0.15) is 0 Å². The van der Waals surface area contributed by atoms with Gasteiger partial charge in [-0.1, -0.05) is 60.7 Å². The van der Waals surface area contributed by atoms with Gasteiger partial charge in [-0.3, -0.25) is 9.59 Å². The maximum Gasteiger partial charge on any atom is 0.307 e. The third-order valence-corrected chi connectivity index (χ3v) is 2.81. The van der Waals surface area contributed by atoms with Gasteiger partial charge < -0.3 is 5.11 Å². The monoisotopic (exact) mass is 266 g/mol. The summed E-state index contributed by atoms with van der Waals surface area (Å²) < 4.78 is 0. The van der Waals surface area contributed by atoms with Gasteiger partial charge in [0.05, 0.1) is 6.42 Å². The number of rotatable bonds is 5. The number of Topliss-reactive ketones (excluding diaryl/α,β-unsaturated/α-hetero) is 1. The van der Waals surface area contributed by atoms with E-state index < -0.39 is 5.97 Å². The summed E-state index contributed by atoms with van der Waals surface area (Å²) in [5.41, 5.74) is 1.58. The highest BCUT2D eigenvalue weighted by Gasteiger charge is 2.15. The van der Waals surface area contributed by atoms with Crippen LogP contribution in [0, 0.1) is 0 Å². The summed E-state index contributed by atoms with van der Waals surface area (Å²) in [5, 5.41) is 8.96. The second-order valence-corrected chi connectivity index (χ2v) is 4.35. The molecule has 2 rings (SSSR count). The minimum atomic E-state index is -1.02. The van der Waals surface area contributed by atoms with E-state index in [1.807, 2.05) is 36.4 Å². The van der Waals surface area contributed by atoms with Gasteiger partial charge in [0.25, 0.3) is 0 Å². The van der Waals surface area contributed by atoms with Crippen molar-refractivity contribution in [3.05, 3.63) is 77.4 Å². The fourth-order valence-corrected chi connectivity index (χ4v) is 1.89. The van der Waals surface area contributed by atoms with Gasteiger partial charge in [-0.25, -0.2) is 0 Å². The topological polar surface area (TPSA) is 54.4 Å². The lowest BCUT2D eigenvalue weighted by Crippen LogP contribution is -2.08. The van der Waals surface area contributed by atoms with Crippen molar-refractivity contribution in [1.29, 1.82) is 0 Å². The van der Waals surface area contributed by atoms with Crippen molar-refractivity contribution in [2.24, 2.45) is 0 Å². The predicted molar refractivity (Wildman–Crippen MR) is 77.4 cm³/mol. The first kappa shape index (κ1) is 13.7. The predicted octanol–water partition coefficient (Wildman–Crippen LogP) is 3.43. The van der Waals surface area contributed by atoms with Crippen LogP contribution in [-0.4, -0.2) is 16.9 Å². The number of benzene rings is 2. The molecule has 0 aliphatic rings. The Morgan fingerprint density at radius 1 is 0.900 bits per heavy atom. The summed E-state index contributed by atoms with van der Waals surface area (Å²) in [6.45, 7) is 0. The summed E-state index contributed by atoms with van der Waals surface area (Å²) in [6, 6.07) is 17.9. The standard InChI is InChI=1S/C17H14O3/c18-16(19)12-15(11-13-7-3-1-4-8-13)17(20)14-9-5-2-6-10-14/h1-11H,12H2,(H,18,19)/b15-11-. The maximum absolute atomic E-state index is 12.4. The smallest absolute Gasteiger partial charge is 0.307 e. The Balaban J connectivity index is 2.36. The molecule has 0 aliphatic heterocycles. The lowest BCUT2D eigenvalue weighted by molar-refractivity contribution is -0.136. The SMILES string of the molecule is O=C(O)C/C(=C/c1ccccc1)C(=O)c1ccccc1. The van der Waals surface area contributed by atoms with Crippen LogP contribution in [0.3, 0.4) is 0 Å². The Kier molecular flexibility index (Phi) is 4.45. The molecule has 1 N–H and O–H groups in total. The molecule has 0 aromatic heterocycles. The van der Waals surface area contributed by atoms with E-state index in [1.54, 1.807) is 30.3 Å². The van der Waals surface area contributed by atoms with Crippen LogP contribution >= 0.6 is 0 Å². The number of carbonyl (C=O) groups excluding carboxylic acids is 1. The van der Waals surface area contributed by atoms with Crippen molar-refractivity contribution in [3.8, 4) is 0 Å². The Morgan fingerprint density at radius 2 is 1.45 bits per heavy atom. The number of hydrogen-bond donors (Lipinski definition) is 1. The fourth-order valence-electron chi connectivity index (χ4n) is 1.89. The van der Waals surface area contributed by atoms with Crippen molar-refractivity contribution in [1.82, 2.24) is 0 Å². The molecule has 0 fully saturated rings. The minimum absolute atomic E-state index is 0.253. The molecule has 3 heteroatoms. The van der Waals surface area contributed by atoms with Crippen LogP contribution in [0.5, 0.6) is 0 Å². The van der Waals surface area contributed by atoms with E-state index in [1.165, 1.54) is 0 Å². The number of carbonyl (C=O) groups is 2. The van der Waals surface area contributed by atoms with Crippen molar-refractivity contribution in [2.45, 2.75) is 6.42 Å². The summed E-state index contributed by atoms with van der Waals surface area (Å²) in [4.78, 5) is 23.3. The van der Waals surface area contributed by atoms with Gasteiger partial charge >= 0.3 is 5.97 Å². The molecule has 0 radical (unpaired) electrons. The van der Waals surface area contributed by atoms with Crippen LogP contribution in [0.25, 0.3) is 6.08 Å². The molecule has 0 atom stereocenters. The van der Waals surface area contributed by atoms with Gasteiger partial charge in [0.1, 0.15) is 0 Å². The van der Waals surface area contributed by atoms with E-state index in [0.717, 1.165) is 5.56 Å². The minimum Gasteiger partial charge on any atom is -0.481 e. The van der Waals surface area contributed by atoms with Crippen LogP contribution in [0.15, 0.2) is 66.2 Å². The highest BCUT2D eigenvalue weighted by atomic mass is 16.4.